The lowest BCUT2D eigenvalue weighted by atomic mass is 10.1. The molecule has 23 heavy (non-hydrogen) atoms. The van der Waals surface area contributed by atoms with E-state index >= 15 is 0 Å². The molecular weight excluding hydrogens is 335 g/mol. The average Bonchev–Trinajstić information content (AvgIpc) is 2.92. The van der Waals surface area contributed by atoms with Gasteiger partial charge in [0.2, 0.25) is 11.8 Å². The van der Waals surface area contributed by atoms with Gasteiger partial charge in [0.05, 0.1) is 16.6 Å². The van der Waals surface area contributed by atoms with Crippen LogP contribution in [0.15, 0.2) is 48.5 Å². The zero-order chi connectivity index (χ0) is 16.4. The first-order valence-corrected chi connectivity index (χ1v) is 7.91. The molecule has 2 aromatic carbocycles. The number of amides is 2. The Morgan fingerprint density at radius 3 is 2.48 bits per heavy atom. The number of anilines is 2. The van der Waals surface area contributed by atoms with Gasteiger partial charge in [0, 0.05) is 23.7 Å². The van der Waals surface area contributed by atoms with Gasteiger partial charge in [0.1, 0.15) is 0 Å². The molecule has 0 radical (unpaired) electrons. The highest BCUT2D eigenvalue weighted by atomic mass is 35.5. The summed E-state index contributed by atoms with van der Waals surface area (Å²) in [6.45, 7) is 0.321. The zero-order valence-corrected chi connectivity index (χ0v) is 13.6. The van der Waals surface area contributed by atoms with Crippen molar-refractivity contribution < 1.29 is 9.59 Å². The SMILES string of the molecule is O=C(Nc1ccc(Cl)cc1)C1CC(=O)N(c2ccccc2Cl)C1. The third-order valence-electron chi connectivity index (χ3n) is 3.75. The van der Waals surface area contributed by atoms with Gasteiger partial charge in [-0.3, -0.25) is 9.59 Å². The normalized spacial score (nSPS) is 17.4. The number of halogens is 2. The van der Waals surface area contributed by atoms with Crippen LogP contribution in [-0.2, 0) is 9.59 Å². The maximum Gasteiger partial charge on any atom is 0.229 e. The van der Waals surface area contributed by atoms with E-state index in [4.69, 9.17) is 23.2 Å². The summed E-state index contributed by atoms with van der Waals surface area (Å²) in [7, 11) is 0. The van der Waals surface area contributed by atoms with Crippen LogP contribution in [0.3, 0.4) is 0 Å². The number of hydrogen-bond donors (Lipinski definition) is 1. The Bertz CT molecular complexity index is 747. The Morgan fingerprint density at radius 2 is 1.78 bits per heavy atom. The van der Waals surface area contributed by atoms with Crippen molar-refractivity contribution in [1.82, 2.24) is 0 Å². The van der Waals surface area contributed by atoms with E-state index in [1.807, 2.05) is 6.07 Å². The van der Waals surface area contributed by atoms with Crippen LogP contribution in [0, 0.1) is 5.92 Å². The van der Waals surface area contributed by atoms with E-state index in [0.717, 1.165) is 0 Å². The number of hydrogen-bond acceptors (Lipinski definition) is 2. The minimum atomic E-state index is -0.408. The number of benzene rings is 2. The monoisotopic (exact) mass is 348 g/mol. The fraction of sp³-hybridized carbons (Fsp3) is 0.176. The van der Waals surface area contributed by atoms with E-state index in [1.54, 1.807) is 47.4 Å². The molecule has 2 aromatic rings. The summed E-state index contributed by atoms with van der Waals surface area (Å²) < 4.78 is 0. The largest absolute Gasteiger partial charge is 0.326 e. The van der Waals surface area contributed by atoms with Crippen LogP contribution in [0.4, 0.5) is 11.4 Å². The van der Waals surface area contributed by atoms with Gasteiger partial charge in [-0.1, -0.05) is 35.3 Å². The fourth-order valence-electron chi connectivity index (χ4n) is 2.56. The number of nitrogens with one attached hydrogen (secondary N) is 1. The van der Waals surface area contributed by atoms with Gasteiger partial charge in [-0.25, -0.2) is 0 Å². The highest BCUT2D eigenvalue weighted by molar-refractivity contribution is 6.34. The number of nitrogens with zero attached hydrogens (tertiary/aromatic N) is 1. The smallest absolute Gasteiger partial charge is 0.229 e. The lowest BCUT2D eigenvalue weighted by Crippen LogP contribution is -2.28. The number of rotatable bonds is 3. The van der Waals surface area contributed by atoms with Crippen molar-refractivity contribution in [3.8, 4) is 0 Å². The maximum atomic E-state index is 12.4. The summed E-state index contributed by atoms with van der Waals surface area (Å²) >= 11 is 12.0. The number of carbonyl (C=O) groups is 2. The zero-order valence-electron chi connectivity index (χ0n) is 12.1. The third-order valence-corrected chi connectivity index (χ3v) is 4.32. The standard InChI is InChI=1S/C17H14Cl2N2O2/c18-12-5-7-13(8-6-12)20-17(23)11-9-16(22)21(10-11)15-4-2-1-3-14(15)19/h1-8,11H,9-10H2,(H,20,23). The minimum absolute atomic E-state index is 0.102. The van der Waals surface area contributed by atoms with E-state index < -0.39 is 5.92 Å². The molecule has 1 heterocycles. The molecule has 1 N–H and O–H groups in total. The highest BCUT2D eigenvalue weighted by Gasteiger charge is 2.35. The predicted octanol–water partition coefficient (Wildman–Crippen LogP) is 3.99. The Labute approximate surface area is 144 Å². The Hall–Kier alpha value is -2.04. The van der Waals surface area contributed by atoms with Crippen LogP contribution < -0.4 is 10.2 Å². The second-order valence-electron chi connectivity index (χ2n) is 5.35. The number of carbonyl (C=O) groups excluding carboxylic acids is 2. The van der Waals surface area contributed by atoms with Crippen LogP contribution in [0.1, 0.15) is 6.42 Å². The van der Waals surface area contributed by atoms with Crippen molar-refractivity contribution in [3.63, 3.8) is 0 Å². The lowest BCUT2D eigenvalue weighted by Gasteiger charge is -2.18. The first kappa shape index (κ1) is 15.8. The lowest BCUT2D eigenvalue weighted by molar-refractivity contribution is -0.122. The summed E-state index contributed by atoms with van der Waals surface area (Å²) in [4.78, 5) is 26.1. The highest BCUT2D eigenvalue weighted by Crippen LogP contribution is 2.31. The molecule has 4 nitrogen and oxygen atoms in total. The molecule has 0 saturated carbocycles. The summed E-state index contributed by atoms with van der Waals surface area (Å²) in [5, 5.41) is 3.91. The van der Waals surface area contributed by atoms with Gasteiger partial charge in [0.25, 0.3) is 0 Å². The molecule has 1 aliphatic rings. The maximum absolute atomic E-state index is 12.4. The molecule has 1 aliphatic heterocycles. The van der Waals surface area contributed by atoms with Crippen LogP contribution in [-0.4, -0.2) is 18.4 Å². The van der Waals surface area contributed by atoms with Crippen molar-refractivity contribution in [1.29, 1.82) is 0 Å². The summed E-state index contributed by atoms with van der Waals surface area (Å²) in [5.41, 5.74) is 1.30. The van der Waals surface area contributed by atoms with E-state index in [0.29, 0.717) is 28.0 Å². The van der Waals surface area contributed by atoms with Crippen molar-refractivity contribution in [2.24, 2.45) is 5.92 Å². The molecule has 6 heteroatoms. The second-order valence-corrected chi connectivity index (χ2v) is 6.20. The van der Waals surface area contributed by atoms with Crippen LogP contribution in [0.25, 0.3) is 0 Å². The fourth-order valence-corrected chi connectivity index (χ4v) is 2.93. The van der Waals surface area contributed by atoms with Gasteiger partial charge >= 0.3 is 0 Å². The van der Waals surface area contributed by atoms with Crippen molar-refractivity contribution in [3.05, 3.63) is 58.6 Å². The number of para-hydroxylation sites is 1. The van der Waals surface area contributed by atoms with Crippen molar-refractivity contribution in [2.75, 3.05) is 16.8 Å². The Morgan fingerprint density at radius 1 is 1.09 bits per heavy atom. The van der Waals surface area contributed by atoms with E-state index in [1.165, 1.54) is 0 Å². The average molecular weight is 349 g/mol. The third kappa shape index (κ3) is 3.49. The van der Waals surface area contributed by atoms with Gasteiger partial charge in [-0.2, -0.15) is 0 Å². The van der Waals surface area contributed by atoms with E-state index in [-0.39, 0.29) is 18.2 Å². The molecule has 1 fully saturated rings. The van der Waals surface area contributed by atoms with Gasteiger partial charge in [-0.15, -0.1) is 0 Å². The van der Waals surface area contributed by atoms with Crippen LogP contribution >= 0.6 is 23.2 Å². The molecule has 118 valence electrons. The molecular formula is C17H14Cl2N2O2. The molecule has 1 unspecified atom stereocenters. The Kier molecular flexibility index (Phi) is 4.55. The van der Waals surface area contributed by atoms with Crippen molar-refractivity contribution in [2.45, 2.75) is 6.42 Å². The van der Waals surface area contributed by atoms with Gasteiger partial charge in [-0.05, 0) is 36.4 Å². The first-order valence-electron chi connectivity index (χ1n) is 7.16. The summed E-state index contributed by atoms with van der Waals surface area (Å²) in [6, 6.07) is 14.0. The molecule has 1 atom stereocenters. The molecule has 0 aromatic heterocycles. The molecule has 3 rings (SSSR count). The quantitative estimate of drug-likeness (QED) is 0.911. The predicted molar refractivity (Wildman–Crippen MR) is 92.0 cm³/mol. The molecule has 2 amide bonds. The van der Waals surface area contributed by atoms with Gasteiger partial charge in [0.15, 0.2) is 0 Å². The molecule has 0 aliphatic carbocycles. The topological polar surface area (TPSA) is 49.4 Å². The van der Waals surface area contributed by atoms with E-state index in [9.17, 15) is 9.59 Å². The van der Waals surface area contributed by atoms with Crippen LogP contribution in [0.5, 0.6) is 0 Å². The summed E-state index contributed by atoms with van der Waals surface area (Å²) in [5.74, 6) is -0.695. The molecule has 1 saturated heterocycles. The second kappa shape index (κ2) is 6.60. The Balaban J connectivity index is 1.71. The van der Waals surface area contributed by atoms with Crippen molar-refractivity contribution >= 4 is 46.4 Å². The molecule has 0 bridgehead atoms. The first-order chi connectivity index (χ1) is 11.0. The van der Waals surface area contributed by atoms with Crippen LogP contribution in [0.2, 0.25) is 10.0 Å². The summed E-state index contributed by atoms with van der Waals surface area (Å²) in [6.07, 6.45) is 0.171. The minimum Gasteiger partial charge on any atom is -0.326 e. The molecule has 0 spiro atoms. The van der Waals surface area contributed by atoms with Gasteiger partial charge < -0.3 is 10.2 Å². The van der Waals surface area contributed by atoms with E-state index in [2.05, 4.69) is 5.32 Å².